The first-order valence-corrected chi connectivity index (χ1v) is 3.80. The predicted octanol–water partition coefficient (Wildman–Crippen LogP) is 1.95. The molecule has 0 saturated carbocycles. The van der Waals surface area contributed by atoms with Crippen molar-refractivity contribution in [3.05, 3.63) is 22.3 Å². The Balaban J connectivity index is 3.32. The molecule has 0 aliphatic rings. The molecule has 0 amide bonds. The summed E-state index contributed by atoms with van der Waals surface area (Å²) in [5, 5.41) is 16.7. The third kappa shape index (κ3) is 2.08. The van der Waals surface area contributed by atoms with Crippen LogP contribution in [0.2, 0.25) is 5.15 Å². The molecular weight excluding hydrogens is 223 g/mol. The first-order chi connectivity index (χ1) is 6.36. The van der Waals surface area contributed by atoms with Gasteiger partial charge in [-0.3, -0.25) is 0 Å². The molecule has 0 saturated heterocycles. The first kappa shape index (κ1) is 11.1. The number of nitrogens with zero attached hydrogens (tertiary/aromatic N) is 1. The van der Waals surface area contributed by atoms with Gasteiger partial charge in [-0.15, -0.1) is 0 Å². The van der Waals surface area contributed by atoms with Crippen molar-refractivity contribution < 1.29 is 23.4 Å². The van der Waals surface area contributed by atoms with E-state index in [1.165, 1.54) is 0 Å². The minimum Gasteiger partial charge on any atom is -0.493 e. The van der Waals surface area contributed by atoms with Crippen LogP contribution in [0.1, 0.15) is 11.1 Å². The van der Waals surface area contributed by atoms with E-state index in [1.54, 1.807) is 0 Å². The number of aliphatic hydroxyl groups is 1. The highest BCUT2D eigenvalue weighted by Crippen LogP contribution is 2.35. The summed E-state index contributed by atoms with van der Waals surface area (Å²) in [7, 11) is 0. The zero-order valence-electron chi connectivity index (χ0n) is 6.64. The van der Waals surface area contributed by atoms with E-state index in [-0.39, 0.29) is 5.56 Å². The van der Waals surface area contributed by atoms with Gasteiger partial charge in [-0.2, -0.15) is 13.2 Å². The fraction of sp³-hybridized carbons (Fsp3) is 0.286. The molecule has 0 fully saturated rings. The van der Waals surface area contributed by atoms with Crippen LogP contribution in [0.4, 0.5) is 13.2 Å². The van der Waals surface area contributed by atoms with Crippen molar-refractivity contribution in [2.45, 2.75) is 12.8 Å². The van der Waals surface area contributed by atoms with Crippen molar-refractivity contribution >= 4 is 11.6 Å². The Morgan fingerprint density at radius 2 is 2.00 bits per heavy atom. The van der Waals surface area contributed by atoms with Crippen LogP contribution in [0.3, 0.4) is 0 Å². The predicted molar refractivity (Wildman–Crippen MR) is 41.8 cm³/mol. The van der Waals surface area contributed by atoms with Crippen molar-refractivity contribution in [2.24, 2.45) is 0 Å². The van der Waals surface area contributed by atoms with E-state index < -0.39 is 29.4 Å². The van der Waals surface area contributed by atoms with Gasteiger partial charge in [0.15, 0.2) is 0 Å². The highest BCUT2D eigenvalue weighted by Gasteiger charge is 2.34. The van der Waals surface area contributed by atoms with Crippen molar-refractivity contribution in [3.63, 3.8) is 0 Å². The van der Waals surface area contributed by atoms with Crippen molar-refractivity contribution in [1.29, 1.82) is 0 Å². The Hall–Kier alpha value is -1.01. The number of alkyl halides is 3. The van der Waals surface area contributed by atoms with Crippen LogP contribution in [0.5, 0.6) is 5.88 Å². The Labute approximate surface area is 81.8 Å². The van der Waals surface area contributed by atoms with E-state index >= 15 is 0 Å². The molecule has 2 N–H and O–H groups in total. The normalized spacial score (nSPS) is 11.8. The zero-order valence-corrected chi connectivity index (χ0v) is 7.39. The monoisotopic (exact) mass is 227 g/mol. The second-order valence-corrected chi connectivity index (χ2v) is 2.82. The van der Waals surface area contributed by atoms with Crippen LogP contribution in [0.25, 0.3) is 0 Å². The van der Waals surface area contributed by atoms with Crippen LogP contribution >= 0.6 is 11.6 Å². The Bertz CT molecular complexity index is 354. The van der Waals surface area contributed by atoms with Crippen molar-refractivity contribution in [1.82, 2.24) is 4.98 Å². The highest BCUT2D eigenvalue weighted by atomic mass is 35.5. The van der Waals surface area contributed by atoms with Crippen LogP contribution in [-0.4, -0.2) is 15.2 Å². The van der Waals surface area contributed by atoms with E-state index in [9.17, 15) is 13.2 Å². The Morgan fingerprint density at radius 3 is 2.43 bits per heavy atom. The summed E-state index contributed by atoms with van der Waals surface area (Å²) in [6.07, 6.45) is -4.65. The number of hydrogen-bond donors (Lipinski definition) is 2. The molecule has 1 heterocycles. The summed E-state index contributed by atoms with van der Waals surface area (Å²) >= 11 is 5.17. The number of hydrogen-bond acceptors (Lipinski definition) is 3. The second kappa shape index (κ2) is 3.62. The Morgan fingerprint density at radius 1 is 1.43 bits per heavy atom. The second-order valence-electron chi connectivity index (χ2n) is 2.47. The lowest BCUT2D eigenvalue weighted by Gasteiger charge is -2.10. The third-order valence-electron chi connectivity index (χ3n) is 1.51. The molecule has 3 nitrogen and oxygen atoms in total. The summed E-state index contributed by atoms with van der Waals surface area (Å²) in [6.45, 7) is -0.737. The molecule has 1 aromatic heterocycles. The molecule has 0 aromatic carbocycles. The smallest absolute Gasteiger partial charge is 0.419 e. The van der Waals surface area contributed by atoms with Gasteiger partial charge in [-0.1, -0.05) is 11.6 Å². The van der Waals surface area contributed by atoms with Gasteiger partial charge >= 0.3 is 6.18 Å². The minimum atomic E-state index is -4.65. The quantitative estimate of drug-likeness (QED) is 0.721. The summed E-state index contributed by atoms with van der Waals surface area (Å²) in [4.78, 5) is 3.05. The maximum Gasteiger partial charge on any atom is 0.419 e. The molecule has 0 spiro atoms. The third-order valence-corrected chi connectivity index (χ3v) is 1.80. The van der Waals surface area contributed by atoms with Gasteiger partial charge in [0.1, 0.15) is 5.15 Å². The van der Waals surface area contributed by atoms with Gasteiger partial charge < -0.3 is 10.2 Å². The number of aromatic hydroxyl groups is 1. The summed E-state index contributed by atoms with van der Waals surface area (Å²) in [5.74, 6) is -0.703. The van der Waals surface area contributed by atoms with E-state index in [0.717, 1.165) is 0 Å². The lowest BCUT2D eigenvalue weighted by molar-refractivity contribution is -0.137. The molecule has 14 heavy (non-hydrogen) atoms. The van der Waals surface area contributed by atoms with E-state index in [2.05, 4.69) is 4.98 Å². The summed E-state index contributed by atoms with van der Waals surface area (Å²) < 4.78 is 36.6. The Kier molecular flexibility index (Phi) is 2.86. The van der Waals surface area contributed by atoms with E-state index in [4.69, 9.17) is 21.8 Å². The molecule has 0 aliphatic heterocycles. The van der Waals surface area contributed by atoms with Crippen LogP contribution in [-0.2, 0) is 12.8 Å². The molecule has 7 heteroatoms. The number of aromatic nitrogens is 1. The highest BCUT2D eigenvalue weighted by molar-refractivity contribution is 6.30. The van der Waals surface area contributed by atoms with Gasteiger partial charge in [-0.25, -0.2) is 4.98 Å². The summed E-state index contributed by atoms with van der Waals surface area (Å²) in [5.41, 5.74) is -1.50. The SMILES string of the molecule is OCc1cc(C(F)(F)F)c(Cl)nc1O. The number of rotatable bonds is 1. The lowest BCUT2D eigenvalue weighted by Crippen LogP contribution is -2.08. The van der Waals surface area contributed by atoms with Gasteiger partial charge in [-0.05, 0) is 6.07 Å². The topological polar surface area (TPSA) is 53.4 Å². The largest absolute Gasteiger partial charge is 0.493 e. The number of aliphatic hydroxyl groups excluding tert-OH is 1. The maximum absolute atomic E-state index is 12.2. The number of pyridine rings is 1. The fourth-order valence-electron chi connectivity index (χ4n) is 0.838. The molecule has 1 aromatic rings. The van der Waals surface area contributed by atoms with Crippen LogP contribution < -0.4 is 0 Å². The van der Waals surface area contributed by atoms with Gasteiger partial charge in [0.2, 0.25) is 5.88 Å². The molecule has 0 bridgehead atoms. The number of halogens is 4. The molecule has 0 atom stereocenters. The van der Waals surface area contributed by atoms with Gasteiger partial charge in [0.05, 0.1) is 12.2 Å². The molecule has 0 aliphatic carbocycles. The molecule has 78 valence electrons. The van der Waals surface area contributed by atoms with Crippen molar-refractivity contribution in [2.75, 3.05) is 0 Å². The van der Waals surface area contributed by atoms with Crippen LogP contribution in [0, 0.1) is 0 Å². The van der Waals surface area contributed by atoms with E-state index in [0.29, 0.717) is 6.07 Å². The lowest BCUT2D eigenvalue weighted by atomic mass is 10.2. The van der Waals surface area contributed by atoms with E-state index in [1.807, 2.05) is 0 Å². The summed E-state index contributed by atoms with van der Waals surface area (Å²) in [6, 6.07) is 0.560. The van der Waals surface area contributed by atoms with Gasteiger partial charge in [0, 0.05) is 5.56 Å². The van der Waals surface area contributed by atoms with Gasteiger partial charge in [0.25, 0.3) is 0 Å². The molecule has 0 radical (unpaired) electrons. The zero-order chi connectivity index (χ0) is 10.9. The first-order valence-electron chi connectivity index (χ1n) is 3.42. The minimum absolute atomic E-state index is 0.318. The van der Waals surface area contributed by atoms with Crippen molar-refractivity contribution in [3.8, 4) is 5.88 Å². The average Bonchev–Trinajstić information content (AvgIpc) is 2.02. The fourth-order valence-corrected chi connectivity index (χ4v) is 1.08. The molecule has 1 rings (SSSR count). The maximum atomic E-state index is 12.2. The standard InChI is InChI=1S/C7H5ClF3NO2/c8-5-4(7(9,10)11)1-3(2-13)6(14)12-5/h1,13H,2H2,(H,12,14). The molecular formula is C7H5ClF3NO2. The van der Waals surface area contributed by atoms with Crippen LogP contribution in [0.15, 0.2) is 6.07 Å². The molecule has 0 unspecified atom stereocenters. The average molecular weight is 228 g/mol.